The van der Waals surface area contributed by atoms with E-state index in [-0.39, 0.29) is 5.91 Å². The molecule has 0 aromatic carbocycles. The van der Waals surface area contributed by atoms with Gasteiger partial charge in [-0.3, -0.25) is 4.79 Å². The number of nitrogens with zero attached hydrogens (tertiary/aromatic N) is 2. The molecule has 5 heteroatoms. The van der Waals surface area contributed by atoms with Crippen molar-refractivity contribution >= 4 is 23.1 Å². The molecule has 1 atom stereocenters. The van der Waals surface area contributed by atoms with Crippen molar-refractivity contribution in [2.75, 3.05) is 27.2 Å². The Hall–Kier alpha value is -0.680. The van der Waals surface area contributed by atoms with Crippen LogP contribution in [0.15, 0.2) is 0 Å². The van der Waals surface area contributed by atoms with E-state index in [2.05, 4.69) is 19.0 Å². The van der Waals surface area contributed by atoms with Gasteiger partial charge < -0.3 is 15.5 Å². The molecule has 1 saturated carbocycles. The molecule has 1 unspecified atom stereocenters. The minimum Gasteiger partial charge on any atom is -0.392 e. The Morgan fingerprint density at radius 1 is 1.39 bits per heavy atom. The molecule has 2 fully saturated rings. The van der Waals surface area contributed by atoms with E-state index in [4.69, 9.17) is 18.0 Å². The number of likely N-dealkylation sites (N-methyl/N-ethyl adjacent to an activating group) is 1. The van der Waals surface area contributed by atoms with Crippen molar-refractivity contribution in [3.05, 3.63) is 0 Å². The Morgan fingerprint density at radius 2 is 2.06 bits per heavy atom. The lowest BCUT2D eigenvalue weighted by molar-refractivity contribution is -0.144. The van der Waals surface area contributed by atoms with Gasteiger partial charge in [0, 0.05) is 19.1 Å². The number of likely N-dealkylation sites (tertiary alicyclic amines) is 1. The zero-order valence-electron chi connectivity index (χ0n) is 11.3. The molecule has 1 saturated heterocycles. The molecule has 1 amide bonds. The van der Waals surface area contributed by atoms with Crippen LogP contribution in [0.2, 0.25) is 0 Å². The predicted molar refractivity (Wildman–Crippen MR) is 76.4 cm³/mol. The molecule has 4 nitrogen and oxygen atoms in total. The van der Waals surface area contributed by atoms with Gasteiger partial charge >= 0.3 is 0 Å². The molecule has 0 aromatic rings. The van der Waals surface area contributed by atoms with Gasteiger partial charge in [-0.05, 0) is 39.8 Å². The monoisotopic (exact) mass is 269 g/mol. The van der Waals surface area contributed by atoms with Crippen LogP contribution in [0, 0.1) is 5.41 Å². The zero-order chi connectivity index (χ0) is 13.3. The van der Waals surface area contributed by atoms with Gasteiger partial charge in [0.05, 0.1) is 10.4 Å². The lowest BCUT2D eigenvalue weighted by atomic mass is 9.67. The fourth-order valence-corrected chi connectivity index (χ4v) is 3.25. The number of hydrogen-bond donors (Lipinski definition) is 1. The Bertz CT molecular complexity index is 352. The summed E-state index contributed by atoms with van der Waals surface area (Å²) >= 11 is 5.13. The maximum atomic E-state index is 12.7. The van der Waals surface area contributed by atoms with E-state index in [1.54, 1.807) is 0 Å². The van der Waals surface area contributed by atoms with Gasteiger partial charge in [-0.2, -0.15) is 0 Å². The topological polar surface area (TPSA) is 49.6 Å². The van der Waals surface area contributed by atoms with Crippen molar-refractivity contribution in [1.29, 1.82) is 0 Å². The van der Waals surface area contributed by atoms with E-state index in [1.165, 1.54) is 0 Å². The normalized spacial score (nSPS) is 26.8. The Balaban J connectivity index is 2.06. The van der Waals surface area contributed by atoms with Gasteiger partial charge in [-0.25, -0.2) is 0 Å². The highest BCUT2D eigenvalue weighted by Gasteiger charge is 2.49. The number of rotatable bonds is 3. The molecule has 0 aromatic heterocycles. The number of carbonyl (C=O) groups excluding carboxylic acids is 1. The maximum Gasteiger partial charge on any atom is 0.235 e. The molecular weight excluding hydrogens is 246 g/mol. The number of hydrogen-bond acceptors (Lipinski definition) is 3. The number of amides is 1. The number of thiocarbonyl (C=S) groups is 1. The smallest absolute Gasteiger partial charge is 0.235 e. The summed E-state index contributed by atoms with van der Waals surface area (Å²) in [5.74, 6) is 0.174. The molecule has 2 aliphatic rings. The molecule has 0 bridgehead atoms. The van der Waals surface area contributed by atoms with E-state index in [9.17, 15) is 4.79 Å². The molecule has 2 N–H and O–H groups in total. The van der Waals surface area contributed by atoms with Crippen molar-refractivity contribution in [1.82, 2.24) is 9.80 Å². The summed E-state index contributed by atoms with van der Waals surface area (Å²) in [5, 5.41) is 0. The maximum absolute atomic E-state index is 12.7. The quantitative estimate of drug-likeness (QED) is 0.777. The van der Waals surface area contributed by atoms with Crippen molar-refractivity contribution in [3.8, 4) is 0 Å². The third-order valence-corrected chi connectivity index (χ3v) is 4.89. The van der Waals surface area contributed by atoms with E-state index in [1.807, 2.05) is 4.90 Å². The van der Waals surface area contributed by atoms with Crippen LogP contribution in [0.5, 0.6) is 0 Å². The second-order valence-corrected chi connectivity index (χ2v) is 6.25. The standard InChI is InChI=1S/C13H23N3OS/c1-15(2)10-5-3-8-16(9-10)12(17)13(11(14)18)6-4-7-13/h10H,3-9H2,1-2H3,(H2,14,18). The van der Waals surface area contributed by atoms with Gasteiger partial charge in [0.1, 0.15) is 0 Å². The third-order valence-electron chi connectivity index (χ3n) is 4.50. The highest BCUT2D eigenvalue weighted by atomic mass is 32.1. The number of nitrogens with two attached hydrogens (primary N) is 1. The predicted octanol–water partition coefficient (Wildman–Crippen LogP) is 0.995. The fourth-order valence-electron chi connectivity index (χ4n) is 2.96. The summed E-state index contributed by atoms with van der Waals surface area (Å²) < 4.78 is 0. The molecule has 102 valence electrons. The Morgan fingerprint density at radius 3 is 2.50 bits per heavy atom. The van der Waals surface area contributed by atoms with E-state index in [0.717, 1.165) is 45.2 Å². The van der Waals surface area contributed by atoms with Crippen LogP contribution in [-0.2, 0) is 4.79 Å². The van der Waals surface area contributed by atoms with Crippen LogP contribution in [0.4, 0.5) is 0 Å². The summed E-state index contributed by atoms with van der Waals surface area (Å²) in [4.78, 5) is 17.2. The van der Waals surface area contributed by atoms with Crippen molar-refractivity contribution < 1.29 is 4.79 Å². The van der Waals surface area contributed by atoms with Crippen LogP contribution < -0.4 is 5.73 Å². The summed E-state index contributed by atoms with van der Waals surface area (Å²) in [6, 6.07) is 0.464. The molecule has 1 aliphatic carbocycles. The summed E-state index contributed by atoms with van der Waals surface area (Å²) in [5.41, 5.74) is 5.30. The molecular formula is C13H23N3OS. The lowest BCUT2D eigenvalue weighted by Crippen LogP contribution is -2.58. The van der Waals surface area contributed by atoms with Gasteiger partial charge in [0.15, 0.2) is 0 Å². The summed E-state index contributed by atoms with van der Waals surface area (Å²) in [6.07, 6.45) is 4.97. The van der Waals surface area contributed by atoms with Crippen LogP contribution in [0.1, 0.15) is 32.1 Å². The van der Waals surface area contributed by atoms with Crippen LogP contribution in [0.25, 0.3) is 0 Å². The molecule has 0 radical (unpaired) electrons. The first-order valence-corrected chi connectivity index (χ1v) is 7.14. The average molecular weight is 269 g/mol. The van der Waals surface area contributed by atoms with E-state index in [0.29, 0.717) is 11.0 Å². The highest BCUT2D eigenvalue weighted by molar-refractivity contribution is 7.80. The van der Waals surface area contributed by atoms with Crippen LogP contribution in [0.3, 0.4) is 0 Å². The summed E-state index contributed by atoms with van der Waals surface area (Å²) in [6.45, 7) is 1.67. The van der Waals surface area contributed by atoms with Crippen LogP contribution >= 0.6 is 12.2 Å². The van der Waals surface area contributed by atoms with Crippen molar-refractivity contribution in [2.45, 2.75) is 38.1 Å². The first-order valence-electron chi connectivity index (χ1n) is 6.73. The molecule has 1 heterocycles. The van der Waals surface area contributed by atoms with E-state index < -0.39 is 5.41 Å². The Labute approximate surface area is 114 Å². The van der Waals surface area contributed by atoms with Gasteiger partial charge in [-0.15, -0.1) is 0 Å². The molecule has 18 heavy (non-hydrogen) atoms. The molecule has 0 spiro atoms. The zero-order valence-corrected chi connectivity index (χ0v) is 12.1. The SMILES string of the molecule is CN(C)C1CCCN(C(=O)C2(C(N)=S)CCC2)C1. The summed E-state index contributed by atoms with van der Waals surface area (Å²) in [7, 11) is 4.15. The van der Waals surface area contributed by atoms with Gasteiger partial charge in [0.25, 0.3) is 0 Å². The van der Waals surface area contributed by atoms with Gasteiger partial charge in [-0.1, -0.05) is 18.6 Å². The first-order chi connectivity index (χ1) is 8.47. The van der Waals surface area contributed by atoms with Crippen LogP contribution in [-0.4, -0.2) is 53.9 Å². The van der Waals surface area contributed by atoms with Gasteiger partial charge in [0.2, 0.25) is 5.91 Å². The van der Waals surface area contributed by atoms with Crippen molar-refractivity contribution in [2.24, 2.45) is 11.1 Å². The second kappa shape index (κ2) is 5.13. The number of carbonyl (C=O) groups is 1. The minimum atomic E-state index is -0.510. The molecule has 2 rings (SSSR count). The number of piperidine rings is 1. The fraction of sp³-hybridized carbons (Fsp3) is 0.846. The van der Waals surface area contributed by atoms with E-state index >= 15 is 0 Å². The largest absolute Gasteiger partial charge is 0.392 e. The third kappa shape index (κ3) is 2.26. The molecule has 1 aliphatic heterocycles. The highest BCUT2D eigenvalue weighted by Crippen LogP contribution is 2.43. The Kier molecular flexibility index (Phi) is 3.92. The lowest BCUT2D eigenvalue weighted by Gasteiger charge is -2.45. The average Bonchev–Trinajstić information content (AvgIpc) is 2.27. The second-order valence-electron chi connectivity index (χ2n) is 5.81. The van der Waals surface area contributed by atoms with Crippen molar-refractivity contribution in [3.63, 3.8) is 0 Å². The minimum absolute atomic E-state index is 0.174. The first kappa shape index (κ1) is 13.7.